The van der Waals surface area contributed by atoms with Gasteiger partial charge in [-0.3, -0.25) is 0 Å². The Labute approximate surface area is 137 Å². The third-order valence-electron chi connectivity index (χ3n) is 3.54. The molecule has 1 aliphatic heterocycles. The van der Waals surface area contributed by atoms with E-state index in [2.05, 4.69) is 9.47 Å². The highest BCUT2D eigenvalue weighted by atomic mass is 19.4. The lowest BCUT2D eigenvalue weighted by Gasteiger charge is -2.15. The van der Waals surface area contributed by atoms with E-state index in [-0.39, 0.29) is 18.1 Å². The molecule has 0 aromatic heterocycles. The summed E-state index contributed by atoms with van der Waals surface area (Å²) >= 11 is 0. The third-order valence-corrected chi connectivity index (χ3v) is 3.54. The molecule has 0 atom stereocenters. The molecule has 1 heterocycles. The van der Waals surface area contributed by atoms with Gasteiger partial charge in [0.1, 0.15) is 17.1 Å². The molecule has 3 rings (SSSR count). The highest BCUT2D eigenvalue weighted by Gasteiger charge is 2.48. The van der Waals surface area contributed by atoms with E-state index in [1.54, 1.807) is 0 Å². The number of hydrogen-bond donors (Lipinski definition) is 0. The molecule has 0 radical (unpaired) electrons. The van der Waals surface area contributed by atoms with Crippen molar-refractivity contribution >= 4 is 0 Å². The standard InChI is InChI=1S/C16H10F6O3/c17-15(18,19)24-12-5-1-10(2-6-12)14(9-23-14)11-3-7-13(8-4-11)25-16(20,21)22/h1-8H,9H2. The average Bonchev–Trinajstić information content (AvgIpc) is 3.27. The van der Waals surface area contributed by atoms with Gasteiger partial charge in [-0.2, -0.15) is 0 Å². The van der Waals surface area contributed by atoms with Crippen molar-refractivity contribution in [1.29, 1.82) is 0 Å². The van der Waals surface area contributed by atoms with Crippen LogP contribution in [0.2, 0.25) is 0 Å². The maximum absolute atomic E-state index is 12.2. The minimum Gasteiger partial charge on any atom is -0.406 e. The van der Waals surface area contributed by atoms with E-state index in [4.69, 9.17) is 4.74 Å². The largest absolute Gasteiger partial charge is 0.573 e. The first kappa shape index (κ1) is 17.4. The van der Waals surface area contributed by atoms with E-state index in [0.717, 1.165) is 24.3 Å². The van der Waals surface area contributed by atoms with Gasteiger partial charge >= 0.3 is 12.7 Å². The molecule has 9 heteroatoms. The fourth-order valence-electron chi connectivity index (χ4n) is 2.42. The van der Waals surface area contributed by atoms with E-state index >= 15 is 0 Å². The van der Waals surface area contributed by atoms with Crippen molar-refractivity contribution in [3.8, 4) is 11.5 Å². The van der Waals surface area contributed by atoms with Gasteiger partial charge in [-0.25, -0.2) is 0 Å². The van der Waals surface area contributed by atoms with Crippen molar-refractivity contribution in [1.82, 2.24) is 0 Å². The first-order valence-corrected chi connectivity index (χ1v) is 6.94. The molecule has 2 aromatic rings. The van der Waals surface area contributed by atoms with Gasteiger partial charge in [0.05, 0.1) is 6.61 Å². The van der Waals surface area contributed by atoms with Gasteiger partial charge in [0.2, 0.25) is 0 Å². The summed E-state index contributed by atoms with van der Waals surface area (Å²) in [6, 6.07) is 10.2. The Hall–Kier alpha value is -2.42. The van der Waals surface area contributed by atoms with Crippen LogP contribution in [0, 0.1) is 0 Å². The van der Waals surface area contributed by atoms with Crippen LogP contribution >= 0.6 is 0 Å². The molecule has 1 aliphatic rings. The lowest BCUT2D eigenvalue weighted by Crippen LogP contribution is -2.18. The topological polar surface area (TPSA) is 31.0 Å². The second-order valence-corrected chi connectivity index (χ2v) is 5.26. The van der Waals surface area contributed by atoms with E-state index in [1.807, 2.05) is 0 Å². The van der Waals surface area contributed by atoms with Gasteiger partial charge in [-0.15, -0.1) is 26.3 Å². The molecular formula is C16H10F6O3. The summed E-state index contributed by atoms with van der Waals surface area (Å²) in [5.74, 6) is -0.748. The van der Waals surface area contributed by atoms with Gasteiger partial charge in [0.15, 0.2) is 0 Å². The predicted octanol–water partition coefficient (Wildman–Crippen LogP) is 4.76. The second kappa shape index (κ2) is 5.83. The first-order chi connectivity index (χ1) is 11.6. The van der Waals surface area contributed by atoms with Crippen molar-refractivity contribution < 1.29 is 40.6 Å². The van der Waals surface area contributed by atoms with Crippen molar-refractivity contribution in [2.24, 2.45) is 0 Å². The van der Waals surface area contributed by atoms with E-state index < -0.39 is 18.3 Å². The molecule has 0 bridgehead atoms. The molecule has 1 fully saturated rings. The number of epoxide rings is 1. The number of ether oxygens (including phenoxy) is 3. The minimum absolute atomic E-state index is 0.256. The average molecular weight is 364 g/mol. The number of rotatable bonds is 4. The maximum Gasteiger partial charge on any atom is 0.573 e. The van der Waals surface area contributed by atoms with Crippen LogP contribution in [0.4, 0.5) is 26.3 Å². The zero-order chi connectivity index (χ0) is 18.3. The van der Waals surface area contributed by atoms with E-state index in [9.17, 15) is 26.3 Å². The predicted molar refractivity (Wildman–Crippen MR) is 73.0 cm³/mol. The number of benzene rings is 2. The summed E-state index contributed by atoms with van der Waals surface area (Å²) in [6.45, 7) is 0.256. The van der Waals surface area contributed by atoms with Gasteiger partial charge < -0.3 is 14.2 Å². The van der Waals surface area contributed by atoms with Crippen molar-refractivity contribution in [3.63, 3.8) is 0 Å². The van der Waals surface area contributed by atoms with E-state index in [0.29, 0.717) is 11.1 Å². The molecular weight excluding hydrogens is 354 g/mol. The summed E-state index contributed by atoms with van der Waals surface area (Å²) in [5, 5.41) is 0. The van der Waals surface area contributed by atoms with Gasteiger partial charge in [0, 0.05) is 0 Å². The lowest BCUT2D eigenvalue weighted by atomic mass is 9.92. The summed E-state index contributed by atoms with van der Waals surface area (Å²) in [4.78, 5) is 0. The number of hydrogen-bond acceptors (Lipinski definition) is 3. The molecule has 0 N–H and O–H groups in total. The highest BCUT2D eigenvalue weighted by Crippen LogP contribution is 2.46. The molecule has 3 nitrogen and oxygen atoms in total. The Bertz CT molecular complexity index is 669. The van der Waals surface area contributed by atoms with Crippen LogP contribution in [0.5, 0.6) is 11.5 Å². The number of halogens is 6. The maximum atomic E-state index is 12.2. The molecule has 0 aliphatic carbocycles. The zero-order valence-corrected chi connectivity index (χ0v) is 12.3. The Morgan fingerprint density at radius 1 is 0.680 bits per heavy atom. The second-order valence-electron chi connectivity index (χ2n) is 5.26. The van der Waals surface area contributed by atoms with Gasteiger partial charge in [-0.05, 0) is 35.4 Å². The smallest absolute Gasteiger partial charge is 0.406 e. The summed E-state index contributed by atoms with van der Waals surface area (Å²) < 4.78 is 86.0. The SMILES string of the molecule is FC(F)(F)Oc1ccc(C2(c3ccc(OC(F)(F)F)cc3)CO2)cc1. The van der Waals surface area contributed by atoms with Crippen molar-refractivity contribution in [2.75, 3.05) is 6.61 Å². The van der Waals surface area contributed by atoms with Crippen LogP contribution in [0.25, 0.3) is 0 Å². The molecule has 2 aromatic carbocycles. The van der Waals surface area contributed by atoms with Crippen LogP contribution < -0.4 is 9.47 Å². The van der Waals surface area contributed by atoms with Crippen molar-refractivity contribution in [3.05, 3.63) is 59.7 Å². The van der Waals surface area contributed by atoms with Gasteiger partial charge in [-0.1, -0.05) is 24.3 Å². The van der Waals surface area contributed by atoms with Crippen LogP contribution in [0.15, 0.2) is 48.5 Å². The fraction of sp³-hybridized carbons (Fsp3) is 0.250. The molecule has 0 saturated carbocycles. The van der Waals surface area contributed by atoms with Crippen LogP contribution in [-0.4, -0.2) is 19.3 Å². The monoisotopic (exact) mass is 364 g/mol. The lowest BCUT2D eigenvalue weighted by molar-refractivity contribution is -0.275. The normalized spacial score (nSPS) is 16.4. The molecule has 0 amide bonds. The molecule has 1 saturated heterocycles. The molecule has 25 heavy (non-hydrogen) atoms. The summed E-state index contributed by atoms with van der Waals surface area (Å²) in [7, 11) is 0. The molecule has 134 valence electrons. The van der Waals surface area contributed by atoms with Crippen LogP contribution in [-0.2, 0) is 10.3 Å². The fourth-order valence-corrected chi connectivity index (χ4v) is 2.42. The third kappa shape index (κ3) is 4.16. The molecule has 0 unspecified atom stereocenters. The Kier molecular flexibility index (Phi) is 4.06. The Balaban J connectivity index is 1.78. The van der Waals surface area contributed by atoms with Crippen LogP contribution in [0.3, 0.4) is 0 Å². The first-order valence-electron chi connectivity index (χ1n) is 6.94. The van der Waals surface area contributed by atoms with Crippen molar-refractivity contribution in [2.45, 2.75) is 18.3 Å². The van der Waals surface area contributed by atoms with Crippen LogP contribution in [0.1, 0.15) is 11.1 Å². The quantitative estimate of drug-likeness (QED) is 0.579. The summed E-state index contributed by atoms with van der Waals surface area (Å²) in [6.07, 6.45) is -9.58. The Morgan fingerprint density at radius 3 is 1.24 bits per heavy atom. The minimum atomic E-state index is -4.79. The molecule has 0 spiro atoms. The Morgan fingerprint density at radius 2 is 1.00 bits per heavy atom. The van der Waals surface area contributed by atoms with Gasteiger partial charge in [0.25, 0.3) is 0 Å². The van der Waals surface area contributed by atoms with E-state index in [1.165, 1.54) is 24.3 Å². The number of alkyl halides is 6. The zero-order valence-electron chi connectivity index (χ0n) is 12.3. The highest BCUT2D eigenvalue weighted by molar-refractivity contribution is 5.44. The summed E-state index contributed by atoms with van der Waals surface area (Å²) in [5.41, 5.74) is 0.228.